The summed E-state index contributed by atoms with van der Waals surface area (Å²) in [6, 6.07) is 7.01. The lowest BCUT2D eigenvalue weighted by Gasteiger charge is -2.19. The summed E-state index contributed by atoms with van der Waals surface area (Å²) in [5.74, 6) is 0.375. The first-order valence-corrected chi connectivity index (χ1v) is 7.57. The van der Waals surface area contributed by atoms with Crippen LogP contribution in [0, 0.1) is 0 Å². The second kappa shape index (κ2) is 8.00. The van der Waals surface area contributed by atoms with E-state index in [-0.39, 0.29) is 12.0 Å². The van der Waals surface area contributed by atoms with E-state index in [1.807, 2.05) is 24.3 Å². The lowest BCUT2D eigenvalue weighted by atomic mass is 10.1. The zero-order valence-corrected chi connectivity index (χ0v) is 12.5. The van der Waals surface area contributed by atoms with Crippen molar-refractivity contribution < 1.29 is 14.3 Å². The van der Waals surface area contributed by atoms with Crippen molar-refractivity contribution in [3.05, 3.63) is 29.8 Å². The summed E-state index contributed by atoms with van der Waals surface area (Å²) < 4.78 is 11.2. The minimum Gasteiger partial charge on any atom is -0.494 e. The average Bonchev–Trinajstić information content (AvgIpc) is 2.99. The highest BCUT2D eigenvalue weighted by atomic mass is 16.5. The SMILES string of the molecule is CCCOc1cccc(C(NCC2CCCO2)C(N)=O)c1. The van der Waals surface area contributed by atoms with E-state index in [1.54, 1.807) is 0 Å². The molecule has 1 amide bonds. The van der Waals surface area contributed by atoms with Crippen LogP contribution in [0.15, 0.2) is 24.3 Å². The van der Waals surface area contributed by atoms with Gasteiger partial charge in [0.2, 0.25) is 5.91 Å². The number of rotatable bonds is 8. The predicted octanol–water partition coefficient (Wildman–Crippen LogP) is 1.77. The minimum absolute atomic E-state index is 0.173. The van der Waals surface area contributed by atoms with Crippen LogP contribution in [-0.2, 0) is 9.53 Å². The summed E-state index contributed by atoms with van der Waals surface area (Å²) in [5.41, 5.74) is 6.35. The number of nitrogens with two attached hydrogens (primary N) is 1. The summed E-state index contributed by atoms with van der Waals surface area (Å²) >= 11 is 0. The smallest absolute Gasteiger partial charge is 0.239 e. The molecule has 21 heavy (non-hydrogen) atoms. The number of amides is 1. The maximum Gasteiger partial charge on any atom is 0.239 e. The van der Waals surface area contributed by atoms with Gasteiger partial charge in [-0.1, -0.05) is 19.1 Å². The molecule has 0 aromatic heterocycles. The molecule has 1 aromatic rings. The number of ether oxygens (including phenoxy) is 2. The van der Waals surface area contributed by atoms with Crippen molar-refractivity contribution >= 4 is 5.91 Å². The molecule has 0 saturated carbocycles. The molecule has 116 valence electrons. The molecule has 2 atom stereocenters. The van der Waals surface area contributed by atoms with Gasteiger partial charge in [0, 0.05) is 13.2 Å². The second-order valence-corrected chi connectivity index (χ2v) is 5.30. The van der Waals surface area contributed by atoms with E-state index in [0.717, 1.165) is 37.2 Å². The zero-order chi connectivity index (χ0) is 15.1. The molecule has 1 aromatic carbocycles. The molecule has 5 nitrogen and oxygen atoms in total. The van der Waals surface area contributed by atoms with E-state index in [4.69, 9.17) is 15.2 Å². The first-order valence-electron chi connectivity index (χ1n) is 7.57. The van der Waals surface area contributed by atoms with Crippen LogP contribution in [0.4, 0.5) is 0 Å². The van der Waals surface area contributed by atoms with Crippen molar-refractivity contribution in [2.24, 2.45) is 5.73 Å². The third-order valence-corrected chi connectivity index (χ3v) is 3.52. The van der Waals surface area contributed by atoms with Crippen LogP contribution in [0.5, 0.6) is 5.75 Å². The first-order chi connectivity index (χ1) is 10.2. The van der Waals surface area contributed by atoms with Crippen molar-refractivity contribution in [1.82, 2.24) is 5.32 Å². The standard InChI is InChI=1S/C16H24N2O3/c1-2-8-20-13-6-3-5-12(10-13)15(16(17)19)18-11-14-7-4-9-21-14/h3,5-6,10,14-15,18H,2,4,7-9,11H2,1H3,(H2,17,19). The molecule has 5 heteroatoms. The number of primary amides is 1. The maximum absolute atomic E-state index is 11.7. The van der Waals surface area contributed by atoms with Crippen molar-refractivity contribution in [3.63, 3.8) is 0 Å². The summed E-state index contributed by atoms with van der Waals surface area (Å²) in [7, 11) is 0. The minimum atomic E-state index is -0.514. The van der Waals surface area contributed by atoms with Crippen LogP contribution >= 0.6 is 0 Å². The molecule has 0 spiro atoms. The van der Waals surface area contributed by atoms with Gasteiger partial charge in [-0.25, -0.2) is 0 Å². The zero-order valence-electron chi connectivity index (χ0n) is 12.5. The van der Waals surface area contributed by atoms with Gasteiger partial charge in [0.15, 0.2) is 0 Å². The summed E-state index contributed by atoms with van der Waals surface area (Å²) in [5, 5.41) is 3.21. The van der Waals surface area contributed by atoms with Crippen LogP contribution in [0.2, 0.25) is 0 Å². The topological polar surface area (TPSA) is 73.6 Å². The van der Waals surface area contributed by atoms with Crippen LogP contribution in [-0.4, -0.2) is 31.8 Å². The monoisotopic (exact) mass is 292 g/mol. The highest BCUT2D eigenvalue weighted by Gasteiger charge is 2.21. The quantitative estimate of drug-likeness (QED) is 0.766. The molecule has 1 aliphatic heterocycles. The second-order valence-electron chi connectivity index (χ2n) is 5.30. The highest BCUT2D eigenvalue weighted by Crippen LogP contribution is 2.20. The Morgan fingerprint density at radius 3 is 3.10 bits per heavy atom. The molecule has 1 aliphatic rings. The Bertz CT molecular complexity index is 459. The van der Waals surface area contributed by atoms with Gasteiger partial charge in [-0.05, 0) is 37.0 Å². The van der Waals surface area contributed by atoms with Crippen molar-refractivity contribution in [1.29, 1.82) is 0 Å². The Kier molecular flexibility index (Phi) is 6.02. The third kappa shape index (κ3) is 4.72. The number of hydrogen-bond donors (Lipinski definition) is 2. The number of hydrogen-bond acceptors (Lipinski definition) is 4. The fraction of sp³-hybridized carbons (Fsp3) is 0.562. The van der Waals surface area contributed by atoms with E-state index in [9.17, 15) is 4.79 Å². The van der Waals surface area contributed by atoms with E-state index in [0.29, 0.717) is 13.2 Å². The van der Waals surface area contributed by atoms with Crippen LogP contribution in [0.25, 0.3) is 0 Å². The molecular weight excluding hydrogens is 268 g/mol. The van der Waals surface area contributed by atoms with Gasteiger partial charge in [-0.15, -0.1) is 0 Å². The Balaban J connectivity index is 2.00. The van der Waals surface area contributed by atoms with Gasteiger partial charge in [-0.2, -0.15) is 0 Å². The van der Waals surface area contributed by atoms with Gasteiger partial charge in [0.1, 0.15) is 11.8 Å². The Hall–Kier alpha value is -1.59. The average molecular weight is 292 g/mol. The van der Waals surface area contributed by atoms with E-state index in [2.05, 4.69) is 12.2 Å². The molecule has 2 unspecified atom stereocenters. The normalized spacial score (nSPS) is 19.4. The predicted molar refractivity (Wildman–Crippen MR) is 81.1 cm³/mol. The van der Waals surface area contributed by atoms with Gasteiger partial charge in [0.25, 0.3) is 0 Å². The first kappa shape index (κ1) is 15.8. The fourth-order valence-electron chi connectivity index (χ4n) is 2.44. The van der Waals surface area contributed by atoms with Crippen molar-refractivity contribution in [3.8, 4) is 5.75 Å². The molecule has 3 N–H and O–H groups in total. The highest BCUT2D eigenvalue weighted by molar-refractivity contribution is 5.81. The number of carbonyl (C=O) groups is 1. The summed E-state index contributed by atoms with van der Waals surface area (Å²) in [6.07, 6.45) is 3.22. The Labute approximate surface area is 125 Å². The lowest BCUT2D eigenvalue weighted by molar-refractivity contribution is -0.120. The largest absolute Gasteiger partial charge is 0.494 e. The molecule has 1 heterocycles. The van der Waals surface area contributed by atoms with Crippen LogP contribution in [0.1, 0.15) is 37.8 Å². The molecule has 0 bridgehead atoms. The van der Waals surface area contributed by atoms with Crippen LogP contribution in [0.3, 0.4) is 0 Å². The lowest BCUT2D eigenvalue weighted by Crippen LogP contribution is -2.37. The molecule has 1 saturated heterocycles. The summed E-state index contributed by atoms with van der Waals surface area (Å²) in [4.78, 5) is 11.7. The number of carbonyl (C=O) groups excluding carboxylic acids is 1. The van der Waals surface area contributed by atoms with E-state index in [1.165, 1.54) is 0 Å². The van der Waals surface area contributed by atoms with Gasteiger partial charge in [0.05, 0.1) is 12.7 Å². The molecule has 1 fully saturated rings. The number of nitrogens with one attached hydrogen (secondary N) is 1. The molecule has 0 aliphatic carbocycles. The molecule has 0 radical (unpaired) electrons. The fourth-order valence-corrected chi connectivity index (χ4v) is 2.44. The van der Waals surface area contributed by atoms with E-state index >= 15 is 0 Å². The van der Waals surface area contributed by atoms with Crippen molar-refractivity contribution in [2.75, 3.05) is 19.8 Å². The third-order valence-electron chi connectivity index (χ3n) is 3.52. The van der Waals surface area contributed by atoms with Gasteiger partial charge < -0.3 is 15.2 Å². The van der Waals surface area contributed by atoms with E-state index < -0.39 is 6.04 Å². The molecular formula is C16H24N2O3. The molecule has 2 rings (SSSR count). The maximum atomic E-state index is 11.7. The van der Waals surface area contributed by atoms with Crippen molar-refractivity contribution in [2.45, 2.75) is 38.3 Å². The Morgan fingerprint density at radius 1 is 1.57 bits per heavy atom. The number of benzene rings is 1. The van der Waals surface area contributed by atoms with Gasteiger partial charge in [-0.3, -0.25) is 10.1 Å². The van der Waals surface area contributed by atoms with Crippen LogP contribution < -0.4 is 15.8 Å². The Morgan fingerprint density at radius 2 is 2.43 bits per heavy atom. The summed E-state index contributed by atoms with van der Waals surface area (Å²) in [6.45, 7) is 4.15. The van der Waals surface area contributed by atoms with Gasteiger partial charge >= 0.3 is 0 Å².